The fourth-order valence-electron chi connectivity index (χ4n) is 3.37. The van der Waals surface area contributed by atoms with E-state index in [1.54, 1.807) is 44.0 Å². The SMILES string of the molecule is COc1ccc(CN(Sc2ccc(Oc3cc(C(F)(F)F)cc(C(F)(F)F)c3)cc2)c2nncs2)c(OC)c1. The van der Waals surface area contributed by atoms with Gasteiger partial charge in [-0.05, 0) is 66.5 Å². The normalized spacial score (nSPS) is 11.8. The molecule has 0 radical (unpaired) electrons. The van der Waals surface area contributed by atoms with Gasteiger partial charge in [-0.3, -0.25) is 4.31 Å². The largest absolute Gasteiger partial charge is 0.497 e. The van der Waals surface area contributed by atoms with Crippen molar-refractivity contribution in [2.45, 2.75) is 23.8 Å². The Kier molecular flexibility index (Phi) is 8.45. The molecule has 4 rings (SSSR count). The molecule has 14 heteroatoms. The number of benzene rings is 3. The minimum absolute atomic E-state index is 0.0481. The zero-order chi connectivity index (χ0) is 28.2. The summed E-state index contributed by atoms with van der Waals surface area (Å²) in [7, 11) is 3.09. The number of nitrogens with zero attached hydrogens (tertiary/aromatic N) is 3. The summed E-state index contributed by atoms with van der Waals surface area (Å²) in [4.78, 5) is 0.699. The van der Waals surface area contributed by atoms with E-state index < -0.39 is 29.2 Å². The van der Waals surface area contributed by atoms with Crippen LogP contribution in [0.2, 0.25) is 0 Å². The van der Waals surface area contributed by atoms with Crippen molar-refractivity contribution in [1.29, 1.82) is 0 Å². The number of ether oxygens (including phenoxy) is 3. The van der Waals surface area contributed by atoms with E-state index in [-0.39, 0.29) is 11.8 Å². The number of methoxy groups -OCH3 is 2. The van der Waals surface area contributed by atoms with E-state index in [4.69, 9.17) is 14.2 Å². The first-order valence-corrected chi connectivity index (χ1v) is 12.6. The lowest BCUT2D eigenvalue weighted by atomic mass is 10.1. The number of hydrogen-bond donors (Lipinski definition) is 0. The summed E-state index contributed by atoms with van der Waals surface area (Å²) in [6.07, 6.45) is -9.94. The zero-order valence-corrected chi connectivity index (χ0v) is 21.8. The average Bonchev–Trinajstić information content (AvgIpc) is 3.43. The van der Waals surface area contributed by atoms with Crippen molar-refractivity contribution in [2.75, 3.05) is 18.5 Å². The van der Waals surface area contributed by atoms with Crippen molar-refractivity contribution in [2.24, 2.45) is 0 Å². The van der Waals surface area contributed by atoms with Gasteiger partial charge in [-0.1, -0.05) is 11.3 Å². The summed E-state index contributed by atoms with van der Waals surface area (Å²) in [6.45, 7) is 0.371. The number of rotatable bonds is 9. The number of alkyl halides is 6. The first-order chi connectivity index (χ1) is 18.5. The highest BCUT2D eigenvalue weighted by Gasteiger charge is 2.37. The lowest BCUT2D eigenvalue weighted by molar-refractivity contribution is -0.143. The smallest absolute Gasteiger partial charge is 0.416 e. The maximum atomic E-state index is 13.2. The van der Waals surface area contributed by atoms with E-state index >= 15 is 0 Å². The zero-order valence-electron chi connectivity index (χ0n) is 20.2. The van der Waals surface area contributed by atoms with Crippen LogP contribution in [0.5, 0.6) is 23.0 Å². The second kappa shape index (κ2) is 11.6. The summed E-state index contributed by atoms with van der Waals surface area (Å²) in [5.41, 5.74) is -0.497. The fraction of sp³-hybridized carbons (Fsp3) is 0.200. The van der Waals surface area contributed by atoms with E-state index in [1.165, 1.54) is 35.4 Å². The van der Waals surface area contributed by atoms with Gasteiger partial charge in [0.15, 0.2) is 0 Å². The molecule has 1 heterocycles. The topological polar surface area (TPSA) is 56.7 Å². The summed E-state index contributed by atoms with van der Waals surface area (Å²) >= 11 is 2.61. The van der Waals surface area contributed by atoms with Crippen LogP contribution < -0.4 is 18.5 Å². The minimum atomic E-state index is -4.97. The highest BCUT2D eigenvalue weighted by molar-refractivity contribution is 8.00. The van der Waals surface area contributed by atoms with Crippen LogP contribution in [-0.2, 0) is 18.9 Å². The second-order valence-corrected chi connectivity index (χ2v) is 9.75. The van der Waals surface area contributed by atoms with Crippen LogP contribution in [0.1, 0.15) is 16.7 Å². The third-order valence-electron chi connectivity index (χ3n) is 5.21. The van der Waals surface area contributed by atoms with Gasteiger partial charge < -0.3 is 14.2 Å². The predicted octanol–water partition coefficient (Wildman–Crippen LogP) is 8.10. The molecule has 0 saturated heterocycles. The van der Waals surface area contributed by atoms with Gasteiger partial charge in [0.2, 0.25) is 5.13 Å². The molecule has 0 bridgehead atoms. The molecule has 0 unspecified atom stereocenters. The van der Waals surface area contributed by atoms with E-state index in [1.807, 2.05) is 10.4 Å². The van der Waals surface area contributed by atoms with Gasteiger partial charge in [0, 0.05) is 16.5 Å². The molecule has 0 amide bonds. The lowest BCUT2D eigenvalue weighted by Gasteiger charge is -2.21. The second-order valence-electron chi connectivity index (χ2n) is 7.84. The molecule has 0 fully saturated rings. The van der Waals surface area contributed by atoms with Gasteiger partial charge >= 0.3 is 12.4 Å². The predicted molar refractivity (Wildman–Crippen MR) is 134 cm³/mol. The van der Waals surface area contributed by atoms with Crippen molar-refractivity contribution >= 4 is 28.4 Å². The molecule has 0 spiro atoms. The van der Waals surface area contributed by atoms with Crippen molar-refractivity contribution in [3.8, 4) is 23.0 Å². The Morgan fingerprint density at radius 3 is 1.97 bits per heavy atom. The third kappa shape index (κ3) is 7.26. The van der Waals surface area contributed by atoms with Gasteiger partial charge in [0.05, 0.1) is 31.9 Å². The first-order valence-electron chi connectivity index (χ1n) is 11.0. The first kappa shape index (κ1) is 28.4. The molecule has 1 aromatic heterocycles. The molecule has 0 aliphatic rings. The van der Waals surface area contributed by atoms with Crippen LogP contribution in [0, 0.1) is 0 Å². The molecule has 0 aliphatic carbocycles. The number of aromatic nitrogens is 2. The summed E-state index contributed by atoms with van der Waals surface area (Å²) in [5.74, 6) is 0.711. The minimum Gasteiger partial charge on any atom is -0.497 e. The average molecular weight is 588 g/mol. The monoisotopic (exact) mass is 587 g/mol. The molecule has 0 N–H and O–H groups in total. The maximum Gasteiger partial charge on any atom is 0.416 e. The Labute approximate surface area is 227 Å². The molecule has 0 aliphatic heterocycles. The Hall–Kier alpha value is -3.65. The van der Waals surface area contributed by atoms with E-state index in [9.17, 15) is 26.3 Å². The Bertz CT molecular complexity index is 1370. The molecule has 0 atom stereocenters. The van der Waals surface area contributed by atoms with E-state index in [0.29, 0.717) is 40.2 Å². The summed E-state index contributed by atoms with van der Waals surface area (Å²) < 4.78 is 96.9. The Morgan fingerprint density at radius 2 is 1.44 bits per heavy atom. The van der Waals surface area contributed by atoms with Crippen molar-refractivity contribution in [3.05, 3.63) is 82.9 Å². The van der Waals surface area contributed by atoms with Gasteiger partial charge in [-0.25, -0.2) is 0 Å². The van der Waals surface area contributed by atoms with E-state index in [0.717, 1.165) is 5.56 Å². The molecule has 39 heavy (non-hydrogen) atoms. The standard InChI is InChI=1S/C25H19F6N3O3S2/c1-35-19-4-3-15(22(12-19)36-2)13-34(23-33-32-14-38-23)39-21-7-5-18(6-8-21)37-20-10-16(24(26,27)28)9-17(11-20)25(29,30)31/h3-12,14H,13H2,1-2H3. The van der Waals surface area contributed by atoms with Gasteiger partial charge in [-0.2, -0.15) is 26.3 Å². The molecule has 0 saturated carbocycles. The number of halogens is 6. The molecule has 4 aromatic rings. The van der Waals surface area contributed by atoms with Crippen molar-refractivity contribution in [1.82, 2.24) is 10.2 Å². The van der Waals surface area contributed by atoms with Gasteiger partial charge in [0.1, 0.15) is 28.5 Å². The van der Waals surface area contributed by atoms with Crippen LogP contribution in [0.3, 0.4) is 0 Å². The number of hydrogen-bond acceptors (Lipinski definition) is 8. The maximum absolute atomic E-state index is 13.2. The number of anilines is 1. The molecule has 206 valence electrons. The van der Waals surface area contributed by atoms with Crippen molar-refractivity contribution in [3.63, 3.8) is 0 Å². The quantitative estimate of drug-likeness (QED) is 0.145. The fourth-order valence-corrected chi connectivity index (χ4v) is 4.91. The van der Waals surface area contributed by atoms with Crippen LogP contribution in [-0.4, -0.2) is 24.4 Å². The molecule has 6 nitrogen and oxygen atoms in total. The van der Waals surface area contributed by atoms with Gasteiger partial charge in [-0.15, -0.1) is 10.2 Å². The summed E-state index contributed by atoms with van der Waals surface area (Å²) in [6, 6.07) is 12.6. The molecular weight excluding hydrogens is 568 g/mol. The van der Waals surface area contributed by atoms with Crippen molar-refractivity contribution < 1.29 is 40.6 Å². The van der Waals surface area contributed by atoms with Crippen LogP contribution in [0.15, 0.2) is 71.1 Å². The Balaban J connectivity index is 1.55. The highest BCUT2D eigenvalue weighted by atomic mass is 32.2. The molecule has 3 aromatic carbocycles. The van der Waals surface area contributed by atoms with Crippen LogP contribution >= 0.6 is 23.3 Å². The van der Waals surface area contributed by atoms with Gasteiger partial charge in [0.25, 0.3) is 0 Å². The summed E-state index contributed by atoms with van der Waals surface area (Å²) in [5, 5.41) is 8.61. The van der Waals surface area contributed by atoms with E-state index in [2.05, 4.69) is 10.2 Å². The van der Waals surface area contributed by atoms with Crippen LogP contribution in [0.25, 0.3) is 0 Å². The Morgan fingerprint density at radius 1 is 0.795 bits per heavy atom. The molecular formula is C25H19F6N3O3S2. The van der Waals surface area contributed by atoms with Crippen LogP contribution in [0.4, 0.5) is 31.5 Å². The highest BCUT2D eigenvalue weighted by Crippen LogP contribution is 2.40. The third-order valence-corrected chi connectivity index (χ3v) is 7.04. The lowest BCUT2D eigenvalue weighted by Crippen LogP contribution is -2.14.